The molecule has 94 valence electrons. The molecule has 0 unspecified atom stereocenters. The number of rotatable bonds is 1. The number of nitrogens with one attached hydrogen (secondary N) is 1. The summed E-state index contributed by atoms with van der Waals surface area (Å²) in [6.07, 6.45) is 2.47. The number of piperidine rings is 1. The highest BCUT2D eigenvalue weighted by atomic mass is 19.1. The quantitative estimate of drug-likeness (QED) is 0.821. The van der Waals surface area contributed by atoms with Crippen LogP contribution >= 0.6 is 0 Å². The molecule has 1 aromatic carbocycles. The lowest BCUT2D eigenvalue weighted by Gasteiger charge is -2.24. The Bertz CT molecular complexity index is 480. The molecular weight excluding hydrogens is 229 g/mol. The van der Waals surface area contributed by atoms with Gasteiger partial charge >= 0.3 is 0 Å². The molecule has 1 N–H and O–H groups in total. The number of hydrogen-bond donors (Lipinski definition) is 1. The van der Waals surface area contributed by atoms with Crippen LogP contribution in [0, 0.1) is 23.1 Å². The highest BCUT2D eigenvalue weighted by Crippen LogP contribution is 2.31. The minimum Gasteiger partial charge on any atom is -0.369 e. The monoisotopic (exact) mass is 245 g/mol. The van der Waals surface area contributed by atoms with Crippen molar-refractivity contribution in [3.63, 3.8) is 0 Å². The summed E-state index contributed by atoms with van der Waals surface area (Å²) in [6.45, 7) is 2.98. The maximum Gasteiger partial charge on any atom is 0.124 e. The maximum absolute atomic E-state index is 13.1. The molecule has 2 aliphatic rings. The van der Waals surface area contributed by atoms with E-state index in [1.165, 1.54) is 25.0 Å². The zero-order valence-corrected chi connectivity index (χ0v) is 10.2. The first-order valence-corrected chi connectivity index (χ1v) is 6.46. The summed E-state index contributed by atoms with van der Waals surface area (Å²) < 4.78 is 13.1. The van der Waals surface area contributed by atoms with Gasteiger partial charge < -0.3 is 10.2 Å². The van der Waals surface area contributed by atoms with Crippen LogP contribution in [0.2, 0.25) is 0 Å². The van der Waals surface area contributed by atoms with Crippen molar-refractivity contribution in [3.8, 4) is 6.07 Å². The Hall–Kier alpha value is -1.60. The van der Waals surface area contributed by atoms with Gasteiger partial charge in [0.25, 0.3) is 0 Å². The van der Waals surface area contributed by atoms with Gasteiger partial charge in [-0.1, -0.05) is 0 Å². The lowest BCUT2D eigenvalue weighted by molar-refractivity contribution is 0.340. The van der Waals surface area contributed by atoms with Gasteiger partial charge in [0.15, 0.2) is 0 Å². The van der Waals surface area contributed by atoms with Gasteiger partial charge in [-0.3, -0.25) is 0 Å². The summed E-state index contributed by atoms with van der Waals surface area (Å²) in [7, 11) is 0. The van der Waals surface area contributed by atoms with Gasteiger partial charge in [-0.25, -0.2) is 4.39 Å². The lowest BCUT2D eigenvalue weighted by atomic mass is 9.94. The Kier molecular flexibility index (Phi) is 2.92. The minimum absolute atomic E-state index is 0.343. The van der Waals surface area contributed by atoms with E-state index in [2.05, 4.69) is 16.3 Å². The number of nitriles is 1. The summed E-state index contributed by atoms with van der Waals surface area (Å²) in [5.74, 6) is 0.320. The molecule has 1 aromatic rings. The molecule has 0 radical (unpaired) electrons. The topological polar surface area (TPSA) is 39.1 Å². The van der Waals surface area contributed by atoms with Crippen LogP contribution in [0.1, 0.15) is 18.4 Å². The van der Waals surface area contributed by atoms with Gasteiger partial charge in [0.2, 0.25) is 0 Å². The molecule has 0 bridgehead atoms. The average Bonchev–Trinajstić information content (AvgIpc) is 2.82. The van der Waals surface area contributed by atoms with Gasteiger partial charge in [0.1, 0.15) is 11.9 Å². The van der Waals surface area contributed by atoms with Crippen LogP contribution in [-0.2, 0) is 0 Å². The summed E-state index contributed by atoms with van der Waals surface area (Å²) in [5.41, 5.74) is 1.31. The zero-order valence-electron chi connectivity index (χ0n) is 10.2. The molecule has 4 heteroatoms. The summed E-state index contributed by atoms with van der Waals surface area (Å²) in [4.78, 5) is 2.21. The van der Waals surface area contributed by atoms with Crippen LogP contribution in [0.25, 0.3) is 0 Å². The van der Waals surface area contributed by atoms with E-state index in [4.69, 9.17) is 5.26 Å². The molecule has 2 fully saturated rings. The van der Waals surface area contributed by atoms with E-state index in [1.807, 2.05) is 0 Å². The maximum atomic E-state index is 13.1. The third-order valence-corrected chi connectivity index (χ3v) is 4.02. The molecule has 0 amide bonds. The predicted molar refractivity (Wildman–Crippen MR) is 67.8 cm³/mol. The molecule has 3 nitrogen and oxygen atoms in total. The van der Waals surface area contributed by atoms with Crippen LogP contribution in [0.5, 0.6) is 0 Å². The van der Waals surface area contributed by atoms with Crippen molar-refractivity contribution in [1.82, 2.24) is 5.32 Å². The molecule has 0 spiro atoms. The van der Waals surface area contributed by atoms with Crippen molar-refractivity contribution in [3.05, 3.63) is 29.6 Å². The molecule has 0 aliphatic carbocycles. The number of benzene rings is 1. The average molecular weight is 245 g/mol. The van der Waals surface area contributed by atoms with Gasteiger partial charge in [-0.15, -0.1) is 0 Å². The first-order valence-electron chi connectivity index (χ1n) is 6.46. The highest BCUT2D eigenvalue weighted by molar-refractivity contribution is 5.60. The molecule has 2 heterocycles. The Balaban J connectivity index is 1.86. The third-order valence-electron chi connectivity index (χ3n) is 4.02. The number of fused-ring (bicyclic) bond motifs is 1. The first-order chi connectivity index (χ1) is 8.78. The van der Waals surface area contributed by atoms with Gasteiger partial charge in [0.05, 0.1) is 11.3 Å². The van der Waals surface area contributed by atoms with Crippen molar-refractivity contribution >= 4 is 5.69 Å². The van der Waals surface area contributed by atoms with E-state index in [0.29, 0.717) is 17.5 Å². The largest absolute Gasteiger partial charge is 0.369 e. The summed E-state index contributed by atoms with van der Waals surface area (Å²) in [5, 5.41) is 12.6. The van der Waals surface area contributed by atoms with Crippen molar-refractivity contribution < 1.29 is 4.39 Å². The Morgan fingerprint density at radius 1 is 1.39 bits per heavy atom. The Morgan fingerprint density at radius 3 is 3.06 bits per heavy atom. The second-order valence-electron chi connectivity index (χ2n) is 5.14. The molecule has 2 saturated heterocycles. The van der Waals surface area contributed by atoms with E-state index in [9.17, 15) is 4.39 Å². The molecule has 0 aromatic heterocycles. The number of nitrogens with zero attached hydrogens (tertiary/aromatic N) is 2. The molecular formula is C14H16FN3. The van der Waals surface area contributed by atoms with Crippen molar-refractivity contribution in [1.29, 1.82) is 5.26 Å². The van der Waals surface area contributed by atoms with Crippen molar-refractivity contribution in [2.45, 2.75) is 18.9 Å². The van der Waals surface area contributed by atoms with Crippen LogP contribution in [0.3, 0.4) is 0 Å². The standard InChI is InChI=1S/C14H16FN3/c15-12-3-4-14(11(6-12)7-16)18-8-10-2-1-5-17-13(10)9-18/h3-4,6,10,13,17H,1-2,5,8-9H2/t10-,13+/m0/s1. The summed E-state index contributed by atoms with van der Waals surface area (Å²) >= 11 is 0. The fourth-order valence-electron chi connectivity index (χ4n) is 3.12. The van der Waals surface area contributed by atoms with Crippen LogP contribution < -0.4 is 10.2 Å². The fraction of sp³-hybridized carbons (Fsp3) is 0.500. The molecule has 18 heavy (non-hydrogen) atoms. The molecule has 3 rings (SSSR count). The molecule has 2 atom stereocenters. The van der Waals surface area contributed by atoms with Crippen molar-refractivity contribution in [2.75, 3.05) is 24.5 Å². The fourth-order valence-corrected chi connectivity index (χ4v) is 3.12. The van der Waals surface area contributed by atoms with E-state index in [1.54, 1.807) is 6.07 Å². The van der Waals surface area contributed by atoms with Gasteiger partial charge in [0, 0.05) is 19.1 Å². The minimum atomic E-state index is -0.343. The predicted octanol–water partition coefficient (Wildman–Crippen LogP) is 1.89. The van der Waals surface area contributed by atoms with Crippen LogP contribution in [0.4, 0.5) is 10.1 Å². The van der Waals surface area contributed by atoms with E-state index >= 15 is 0 Å². The lowest BCUT2D eigenvalue weighted by Crippen LogP contribution is -2.40. The normalized spacial score (nSPS) is 26.8. The number of anilines is 1. The summed E-state index contributed by atoms with van der Waals surface area (Å²) in [6, 6.07) is 7.10. The second kappa shape index (κ2) is 4.58. The third kappa shape index (κ3) is 1.95. The zero-order chi connectivity index (χ0) is 12.5. The molecule has 0 saturated carbocycles. The van der Waals surface area contributed by atoms with Crippen molar-refractivity contribution in [2.24, 2.45) is 5.92 Å². The Labute approximate surface area is 106 Å². The van der Waals surface area contributed by atoms with Crippen LogP contribution in [-0.4, -0.2) is 25.7 Å². The van der Waals surface area contributed by atoms with E-state index in [-0.39, 0.29) is 5.82 Å². The van der Waals surface area contributed by atoms with E-state index in [0.717, 1.165) is 25.3 Å². The van der Waals surface area contributed by atoms with E-state index < -0.39 is 0 Å². The SMILES string of the molecule is N#Cc1cc(F)ccc1N1C[C@@H]2CCCN[C@@H]2C1. The van der Waals surface area contributed by atoms with Crippen LogP contribution in [0.15, 0.2) is 18.2 Å². The number of halogens is 1. The molecule has 2 aliphatic heterocycles. The van der Waals surface area contributed by atoms with Gasteiger partial charge in [-0.2, -0.15) is 5.26 Å². The Morgan fingerprint density at radius 2 is 2.28 bits per heavy atom. The second-order valence-corrected chi connectivity index (χ2v) is 5.14. The highest BCUT2D eigenvalue weighted by Gasteiger charge is 2.34. The smallest absolute Gasteiger partial charge is 0.124 e. The first kappa shape index (κ1) is 11.5. The van der Waals surface area contributed by atoms with Gasteiger partial charge in [-0.05, 0) is 43.5 Å². The number of hydrogen-bond acceptors (Lipinski definition) is 3.